The van der Waals surface area contributed by atoms with Crippen LogP contribution in [-0.4, -0.2) is 75.4 Å². The topological polar surface area (TPSA) is 75.2 Å². The molecule has 0 bridgehead atoms. The number of guanidine groups is 1. The highest BCUT2D eigenvalue weighted by molar-refractivity contribution is 14.0. The number of hydrogen-bond donors (Lipinski definition) is 2. The highest BCUT2D eigenvalue weighted by atomic mass is 127. The zero-order valence-corrected chi connectivity index (χ0v) is 17.2. The van der Waals surface area contributed by atoms with Gasteiger partial charge in [-0.2, -0.15) is 0 Å². The molecule has 0 radical (unpaired) electrons. The standard InChI is InChI=1S/C16H30N4O3.HI/c1-12(2)15(21)18-6-7-19-16(17-3)20-8-10-23-14(11-20)13-5-4-9-22-13;/h12-14H,4-11H2,1-3H3,(H,17,19)(H,18,21);1H. The van der Waals surface area contributed by atoms with Gasteiger partial charge in [0.25, 0.3) is 0 Å². The van der Waals surface area contributed by atoms with Crippen molar-refractivity contribution < 1.29 is 14.3 Å². The molecule has 2 aliphatic heterocycles. The van der Waals surface area contributed by atoms with Gasteiger partial charge in [0.1, 0.15) is 6.10 Å². The molecule has 0 saturated carbocycles. The Morgan fingerprint density at radius 1 is 1.21 bits per heavy atom. The fourth-order valence-electron chi connectivity index (χ4n) is 2.88. The van der Waals surface area contributed by atoms with E-state index in [0.717, 1.165) is 38.5 Å². The predicted molar refractivity (Wildman–Crippen MR) is 105 cm³/mol. The highest BCUT2D eigenvalue weighted by Crippen LogP contribution is 2.20. The Bertz CT molecular complexity index is 414. The molecule has 8 heteroatoms. The molecule has 0 aromatic heterocycles. The molecule has 7 nitrogen and oxygen atoms in total. The van der Waals surface area contributed by atoms with E-state index in [4.69, 9.17) is 9.47 Å². The number of hydrogen-bond acceptors (Lipinski definition) is 4. The van der Waals surface area contributed by atoms with Gasteiger partial charge in [0.15, 0.2) is 5.96 Å². The summed E-state index contributed by atoms with van der Waals surface area (Å²) in [4.78, 5) is 18.1. The van der Waals surface area contributed by atoms with Crippen molar-refractivity contribution in [2.45, 2.75) is 38.9 Å². The lowest BCUT2D eigenvalue weighted by Crippen LogP contribution is -2.54. The van der Waals surface area contributed by atoms with Crippen molar-refractivity contribution in [3.63, 3.8) is 0 Å². The number of carbonyl (C=O) groups excluding carboxylic acids is 1. The SMILES string of the molecule is CN=C(NCCNC(=O)C(C)C)N1CCOC(C2CCCO2)C1.I. The first-order valence-corrected chi connectivity index (χ1v) is 8.58. The number of nitrogens with one attached hydrogen (secondary N) is 2. The molecule has 0 spiro atoms. The van der Waals surface area contributed by atoms with E-state index in [2.05, 4.69) is 20.5 Å². The first-order chi connectivity index (χ1) is 11.1. The Hall–Kier alpha value is -0.610. The van der Waals surface area contributed by atoms with Gasteiger partial charge >= 0.3 is 0 Å². The number of nitrogens with zero attached hydrogens (tertiary/aromatic N) is 2. The van der Waals surface area contributed by atoms with Crippen LogP contribution in [0.5, 0.6) is 0 Å². The summed E-state index contributed by atoms with van der Waals surface area (Å²) < 4.78 is 11.6. The molecule has 0 aromatic carbocycles. The minimum atomic E-state index is 0. The number of halogens is 1. The second-order valence-electron chi connectivity index (χ2n) is 6.33. The van der Waals surface area contributed by atoms with Crippen LogP contribution in [0, 0.1) is 5.92 Å². The maximum Gasteiger partial charge on any atom is 0.222 e. The molecular weight excluding hydrogens is 423 g/mol. The van der Waals surface area contributed by atoms with Crippen LogP contribution in [0.2, 0.25) is 0 Å². The Morgan fingerprint density at radius 2 is 1.92 bits per heavy atom. The molecule has 140 valence electrons. The predicted octanol–water partition coefficient (Wildman–Crippen LogP) is 0.832. The number of amides is 1. The summed E-state index contributed by atoms with van der Waals surface area (Å²) >= 11 is 0. The number of carbonyl (C=O) groups is 1. The largest absolute Gasteiger partial charge is 0.375 e. The lowest BCUT2D eigenvalue weighted by molar-refractivity contribution is -0.123. The van der Waals surface area contributed by atoms with Gasteiger partial charge in [-0.1, -0.05) is 13.8 Å². The quantitative estimate of drug-likeness (QED) is 0.279. The highest BCUT2D eigenvalue weighted by Gasteiger charge is 2.32. The van der Waals surface area contributed by atoms with Crippen LogP contribution in [0.15, 0.2) is 4.99 Å². The van der Waals surface area contributed by atoms with Gasteiger partial charge in [0, 0.05) is 45.8 Å². The Morgan fingerprint density at radius 3 is 2.54 bits per heavy atom. The van der Waals surface area contributed by atoms with Gasteiger partial charge in [-0.05, 0) is 12.8 Å². The summed E-state index contributed by atoms with van der Waals surface area (Å²) in [6, 6.07) is 0. The summed E-state index contributed by atoms with van der Waals surface area (Å²) in [5, 5.41) is 6.21. The normalized spacial score (nSPS) is 24.7. The molecule has 2 fully saturated rings. The van der Waals surface area contributed by atoms with Gasteiger partial charge < -0.3 is 25.0 Å². The lowest BCUT2D eigenvalue weighted by Gasteiger charge is -2.37. The van der Waals surface area contributed by atoms with E-state index >= 15 is 0 Å². The third-order valence-corrected chi connectivity index (χ3v) is 4.22. The number of morpholine rings is 1. The van der Waals surface area contributed by atoms with Crippen LogP contribution in [0.3, 0.4) is 0 Å². The van der Waals surface area contributed by atoms with Gasteiger partial charge in [-0.25, -0.2) is 0 Å². The fourth-order valence-corrected chi connectivity index (χ4v) is 2.88. The van der Waals surface area contributed by atoms with Crippen LogP contribution >= 0.6 is 24.0 Å². The van der Waals surface area contributed by atoms with Crippen molar-refractivity contribution in [3.8, 4) is 0 Å². The Balaban J connectivity index is 0.00000288. The Labute approximate surface area is 161 Å². The zero-order chi connectivity index (χ0) is 16.7. The van der Waals surface area contributed by atoms with Crippen molar-refractivity contribution in [3.05, 3.63) is 0 Å². The van der Waals surface area contributed by atoms with E-state index in [9.17, 15) is 4.79 Å². The van der Waals surface area contributed by atoms with Crippen molar-refractivity contribution in [2.75, 3.05) is 46.4 Å². The van der Waals surface area contributed by atoms with E-state index in [1.807, 2.05) is 13.8 Å². The average Bonchev–Trinajstić information content (AvgIpc) is 3.09. The number of aliphatic imine (C=N–C) groups is 1. The first-order valence-electron chi connectivity index (χ1n) is 8.58. The summed E-state index contributed by atoms with van der Waals surface area (Å²) in [5.41, 5.74) is 0. The molecule has 24 heavy (non-hydrogen) atoms. The van der Waals surface area contributed by atoms with Crippen LogP contribution in [0.4, 0.5) is 0 Å². The van der Waals surface area contributed by atoms with Gasteiger partial charge in [0.2, 0.25) is 5.91 Å². The smallest absolute Gasteiger partial charge is 0.222 e. The molecular formula is C16H31IN4O3. The van der Waals surface area contributed by atoms with E-state index in [1.54, 1.807) is 7.05 Å². The van der Waals surface area contributed by atoms with Crippen molar-refractivity contribution >= 4 is 35.8 Å². The maximum atomic E-state index is 11.5. The second-order valence-corrected chi connectivity index (χ2v) is 6.33. The summed E-state index contributed by atoms with van der Waals surface area (Å²) in [6.45, 7) is 8.18. The molecule has 2 rings (SSSR count). The molecule has 2 unspecified atom stereocenters. The third kappa shape index (κ3) is 6.36. The third-order valence-electron chi connectivity index (χ3n) is 4.22. The maximum absolute atomic E-state index is 11.5. The molecule has 2 heterocycles. The molecule has 0 aromatic rings. The van der Waals surface area contributed by atoms with Crippen LogP contribution in [0.1, 0.15) is 26.7 Å². The van der Waals surface area contributed by atoms with Crippen molar-refractivity contribution in [1.29, 1.82) is 0 Å². The van der Waals surface area contributed by atoms with E-state index in [1.165, 1.54) is 0 Å². The molecule has 2 saturated heterocycles. The van der Waals surface area contributed by atoms with Crippen LogP contribution in [-0.2, 0) is 14.3 Å². The van der Waals surface area contributed by atoms with Crippen LogP contribution < -0.4 is 10.6 Å². The lowest BCUT2D eigenvalue weighted by atomic mass is 10.1. The Kier molecular flexibility index (Phi) is 9.91. The van der Waals surface area contributed by atoms with Gasteiger partial charge in [0.05, 0.1) is 12.7 Å². The van der Waals surface area contributed by atoms with E-state index in [-0.39, 0.29) is 48.0 Å². The van der Waals surface area contributed by atoms with Gasteiger partial charge in [-0.3, -0.25) is 9.79 Å². The van der Waals surface area contributed by atoms with E-state index in [0.29, 0.717) is 19.7 Å². The van der Waals surface area contributed by atoms with Gasteiger partial charge in [-0.15, -0.1) is 24.0 Å². The molecule has 2 N–H and O–H groups in total. The molecule has 2 atom stereocenters. The second kappa shape index (κ2) is 11.1. The summed E-state index contributed by atoms with van der Waals surface area (Å²) in [5.74, 6) is 0.947. The molecule has 0 aliphatic carbocycles. The van der Waals surface area contributed by atoms with E-state index < -0.39 is 0 Å². The van der Waals surface area contributed by atoms with Crippen molar-refractivity contribution in [2.24, 2.45) is 10.9 Å². The average molecular weight is 454 g/mol. The number of rotatable bonds is 5. The minimum Gasteiger partial charge on any atom is -0.375 e. The molecule has 2 aliphatic rings. The monoisotopic (exact) mass is 454 g/mol. The summed E-state index contributed by atoms with van der Waals surface area (Å²) in [7, 11) is 1.78. The summed E-state index contributed by atoms with van der Waals surface area (Å²) in [6.07, 6.45) is 2.52. The minimum absolute atomic E-state index is 0. The number of ether oxygens (including phenoxy) is 2. The van der Waals surface area contributed by atoms with Crippen molar-refractivity contribution in [1.82, 2.24) is 15.5 Å². The first kappa shape index (κ1) is 21.4. The van der Waals surface area contributed by atoms with Crippen LogP contribution in [0.25, 0.3) is 0 Å². The fraction of sp³-hybridized carbons (Fsp3) is 0.875. The zero-order valence-electron chi connectivity index (χ0n) is 14.9. The molecule has 1 amide bonds.